The first-order valence-corrected chi connectivity index (χ1v) is 8.29. The maximum atomic E-state index is 11.9. The maximum absolute atomic E-state index is 11.9. The van der Waals surface area contributed by atoms with Crippen LogP contribution in [-0.4, -0.2) is 23.8 Å². The predicted octanol–water partition coefficient (Wildman–Crippen LogP) is 2.87. The van der Waals surface area contributed by atoms with Crippen LogP contribution in [0.2, 0.25) is 0 Å². The van der Waals surface area contributed by atoms with Gasteiger partial charge in [-0.1, -0.05) is 6.07 Å². The first-order valence-electron chi connectivity index (χ1n) is 6.59. The number of carbonyl (C=O) groups is 3. The summed E-state index contributed by atoms with van der Waals surface area (Å²) in [7, 11) is 0. The number of amides is 1. The molecule has 0 aliphatic rings. The van der Waals surface area contributed by atoms with Crippen LogP contribution in [-0.2, 0) is 16.1 Å². The van der Waals surface area contributed by atoms with Crippen LogP contribution in [0.3, 0.4) is 0 Å². The minimum absolute atomic E-state index is 0.106. The van der Waals surface area contributed by atoms with E-state index in [1.165, 1.54) is 19.9 Å². The Morgan fingerprint density at radius 3 is 2.55 bits per heavy atom. The van der Waals surface area contributed by atoms with Gasteiger partial charge >= 0.3 is 5.97 Å². The van der Waals surface area contributed by atoms with E-state index in [2.05, 4.69) is 5.32 Å². The Hall–Kier alpha value is -1.99. The van der Waals surface area contributed by atoms with Crippen molar-refractivity contribution in [1.82, 2.24) is 5.32 Å². The van der Waals surface area contributed by atoms with Crippen molar-refractivity contribution in [2.75, 3.05) is 0 Å². The fourth-order valence-corrected chi connectivity index (χ4v) is 3.07. The van der Waals surface area contributed by atoms with Gasteiger partial charge in [0.05, 0.1) is 11.4 Å². The fourth-order valence-electron chi connectivity index (χ4n) is 1.64. The van der Waals surface area contributed by atoms with Crippen LogP contribution in [0.15, 0.2) is 29.6 Å². The minimum Gasteiger partial charge on any atom is -0.448 e. The maximum Gasteiger partial charge on any atom is 0.349 e. The number of hydrogen-bond acceptors (Lipinski definition) is 6. The first kappa shape index (κ1) is 16.4. The Kier molecular flexibility index (Phi) is 5.46. The Labute approximate surface area is 135 Å². The third-order valence-corrected chi connectivity index (χ3v) is 4.87. The summed E-state index contributed by atoms with van der Waals surface area (Å²) in [5.74, 6) is -1.06. The molecule has 0 saturated carbocycles. The third-order valence-electron chi connectivity index (χ3n) is 2.82. The molecule has 0 bridgehead atoms. The second kappa shape index (κ2) is 7.33. The van der Waals surface area contributed by atoms with Gasteiger partial charge < -0.3 is 10.1 Å². The van der Waals surface area contributed by atoms with Gasteiger partial charge in [0.25, 0.3) is 5.91 Å². The van der Waals surface area contributed by atoms with Gasteiger partial charge in [-0.05, 0) is 37.4 Å². The van der Waals surface area contributed by atoms with Gasteiger partial charge in [-0.3, -0.25) is 9.59 Å². The van der Waals surface area contributed by atoms with Crippen LogP contribution in [0.25, 0.3) is 0 Å². The highest BCUT2D eigenvalue weighted by Crippen LogP contribution is 2.18. The van der Waals surface area contributed by atoms with Crippen molar-refractivity contribution >= 4 is 40.3 Å². The molecule has 116 valence electrons. The smallest absolute Gasteiger partial charge is 0.349 e. The molecule has 22 heavy (non-hydrogen) atoms. The van der Waals surface area contributed by atoms with Crippen LogP contribution >= 0.6 is 22.7 Å². The van der Waals surface area contributed by atoms with Crippen molar-refractivity contribution < 1.29 is 19.1 Å². The zero-order valence-corrected chi connectivity index (χ0v) is 13.8. The minimum atomic E-state index is -0.893. The van der Waals surface area contributed by atoms with Crippen molar-refractivity contribution in [3.05, 3.63) is 44.3 Å². The number of rotatable bonds is 6. The number of Topliss-reactive ketones (excluding diaryl/α,β-unsaturated/α-hetero) is 1. The largest absolute Gasteiger partial charge is 0.448 e. The molecule has 1 atom stereocenters. The van der Waals surface area contributed by atoms with E-state index in [9.17, 15) is 14.4 Å². The molecular weight excluding hydrogens is 322 g/mol. The number of ether oxygens (including phenoxy) is 1. The van der Waals surface area contributed by atoms with E-state index in [1.807, 2.05) is 17.5 Å². The molecule has 0 fully saturated rings. The topological polar surface area (TPSA) is 72.5 Å². The van der Waals surface area contributed by atoms with Crippen LogP contribution in [0.5, 0.6) is 0 Å². The number of hydrogen-bond donors (Lipinski definition) is 1. The summed E-state index contributed by atoms with van der Waals surface area (Å²) in [4.78, 5) is 36.8. The lowest BCUT2D eigenvalue weighted by Gasteiger charge is -2.12. The predicted molar refractivity (Wildman–Crippen MR) is 85.4 cm³/mol. The van der Waals surface area contributed by atoms with Crippen molar-refractivity contribution in [1.29, 1.82) is 0 Å². The lowest BCUT2D eigenvalue weighted by Crippen LogP contribution is -2.35. The lowest BCUT2D eigenvalue weighted by atomic mass is 10.3. The Bertz CT molecular complexity index is 676. The van der Waals surface area contributed by atoms with Crippen LogP contribution in [0.4, 0.5) is 0 Å². The summed E-state index contributed by atoms with van der Waals surface area (Å²) in [6.07, 6.45) is -0.893. The number of ketones is 1. The normalized spacial score (nSPS) is 11.7. The van der Waals surface area contributed by atoms with E-state index in [-0.39, 0.29) is 11.7 Å². The second-order valence-electron chi connectivity index (χ2n) is 4.56. The molecular formula is C15H15NO4S2. The summed E-state index contributed by atoms with van der Waals surface area (Å²) >= 11 is 2.60. The molecule has 0 radical (unpaired) electrons. The molecule has 0 saturated heterocycles. The van der Waals surface area contributed by atoms with Crippen molar-refractivity contribution in [2.45, 2.75) is 26.5 Å². The van der Waals surface area contributed by atoms with E-state index in [1.54, 1.807) is 17.4 Å². The zero-order valence-electron chi connectivity index (χ0n) is 12.1. The number of thiophene rings is 2. The molecule has 2 rings (SSSR count). The van der Waals surface area contributed by atoms with E-state index in [0.717, 1.165) is 16.2 Å². The van der Waals surface area contributed by atoms with Gasteiger partial charge in [0.2, 0.25) is 0 Å². The van der Waals surface area contributed by atoms with E-state index in [0.29, 0.717) is 16.3 Å². The van der Waals surface area contributed by atoms with Crippen LogP contribution in [0.1, 0.15) is 38.1 Å². The zero-order chi connectivity index (χ0) is 16.1. The molecule has 0 aliphatic carbocycles. The van der Waals surface area contributed by atoms with Crippen LogP contribution in [0, 0.1) is 0 Å². The highest BCUT2D eigenvalue weighted by Gasteiger charge is 2.20. The molecule has 0 aromatic carbocycles. The highest BCUT2D eigenvalue weighted by atomic mass is 32.1. The lowest BCUT2D eigenvalue weighted by molar-refractivity contribution is -0.129. The first-order chi connectivity index (χ1) is 10.5. The summed E-state index contributed by atoms with van der Waals surface area (Å²) in [6.45, 7) is 3.36. The summed E-state index contributed by atoms with van der Waals surface area (Å²) in [6, 6.07) is 6.92. The SMILES string of the molecule is CC(=O)c1ccc(C(=O)O[C@@H](C)C(=O)NCc2cccs2)s1. The summed E-state index contributed by atoms with van der Waals surface area (Å²) in [5.41, 5.74) is 0. The van der Waals surface area contributed by atoms with Crippen LogP contribution < -0.4 is 5.32 Å². The van der Waals surface area contributed by atoms with E-state index >= 15 is 0 Å². The van der Waals surface area contributed by atoms with Gasteiger partial charge in [-0.15, -0.1) is 22.7 Å². The fraction of sp³-hybridized carbons (Fsp3) is 0.267. The second-order valence-corrected chi connectivity index (χ2v) is 6.68. The molecule has 2 heterocycles. The molecule has 2 aromatic rings. The standard InChI is InChI=1S/C15H15NO4S2/c1-9(17)12-5-6-13(22-12)15(19)20-10(2)14(18)16-8-11-4-3-7-21-11/h3-7,10H,8H2,1-2H3,(H,16,18)/t10-/m0/s1. The van der Waals surface area contributed by atoms with Crippen molar-refractivity contribution in [3.63, 3.8) is 0 Å². The Balaban J connectivity index is 1.86. The van der Waals surface area contributed by atoms with Gasteiger partial charge in [0, 0.05) is 4.88 Å². The monoisotopic (exact) mass is 337 g/mol. The molecule has 5 nitrogen and oxygen atoms in total. The molecule has 0 spiro atoms. The van der Waals surface area contributed by atoms with Gasteiger partial charge in [-0.2, -0.15) is 0 Å². The number of esters is 1. The average Bonchev–Trinajstić information content (AvgIpc) is 3.15. The molecule has 1 N–H and O–H groups in total. The third kappa shape index (κ3) is 4.25. The molecule has 7 heteroatoms. The summed E-state index contributed by atoms with van der Waals surface area (Å²) < 4.78 is 5.11. The van der Waals surface area contributed by atoms with Gasteiger partial charge in [0.1, 0.15) is 4.88 Å². The average molecular weight is 337 g/mol. The van der Waals surface area contributed by atoms with E-state index < -0.39 is 12.1 Å². The Morgan fingerprint density at radius 1 is 1.23 bits per heavy atom. The number of carbonyl (C=O) groups excluding carboxylic acids is 3. The number of nitrogens with one attached hydrogen (secondary N) is 1. The van der Waals surface area contributed by atoms with E-state index in [4.69, 9.17) is 4.74 Å². The van der Waals surface area contributed by atoms with Gasteiger partial charge in [0.15, 0.2) is 11.9 Å². The van der Waals surface area contributed by atoms with Gasteiger partial charge in [-0.25, -0.2) is 4.79 Å². The highest BCUT2D eigenvalue weighted by molar-refractivity contribution is 7.15. The molecule has 2 aromatic heterocycles. The van der Waals surface area contributed by atoms with Crippen molar-refractivity contribution in [2.24, 2.45) is 0 Å². The quantitative estimate of drug-likeness (QED) is 0.650. The molecule has 0 aliphatic heterocycles. The Morgan fingerprint density at radius 2 is 1.95 bits per heavy atom. The van der Waals surface area contributed by atoms with Crippen molar-refractivity contribution in [3.8, 4) is 0 Å². The summed E-state index contributed by atoms with van der Waals surface area (Å²) in [5, 5.41) is 4.63. The molecule has 1 amide bonds. The molecule has 0 unspecified atom stereocenters.